The molecule has 2 aromatic rings. The summed E-state index contributed by atoms with van der Waals surface area (Å²) in [6, 6.07) is 10.8. The Bertz CT molecular complexity index is 940. The van der Waals surface area contributed by atoms with Gasteiger partial charge in [-0.1, -0.05) is 25.3 Å². The molecule has 168 valence electrons. The third-order valence-electron chi connectivity index (χ3n) is 6.12. The molecule has 2 heterocycles. The average molecular weight is 452 g/mol. The number of amides is 2. The lowest BCUT2D eigenvalue weighted by atomic mass is 9.95. The highest BCUT2D eigenvalue weighted by atomic mass is 32.1. The smallest absolute Gasteiger partial charge is 0.303 e. The molecule has 0 radical (unpaired) electrons. The molecule has 1 atom stereocenters. The van der Waals surface area contributed by atoms with Gasteiger partial charge >= 0.3 is 5.91 Å². The van der Waals surface area contributed by atoms with Gasteiger partial charge in [0.05, 0.1) is 13.2 Å². The van der Waals surface area contributed by atoms with Crippen molar-refractivity contribution in [2.24, 2.45) is 0 Å². The third-order valence-corrected chi connectivity index (χ3v) is 7.04. The van der Waals surface area contributed by atoms with E-state index in [1.54, 1.807) is 0 Å². The summed E-state index contributed by atoms with van der Waals surface area (Å²) >= 11 is 1.45. The van der Waals surface area contributed by atoms with Gasteiger partial charge in [-0.15, -0.1) is 17.8 Å². The summed E-state index contributed by atoms with van der Waals surface area (Å²) in [5.41, 5.74) is 1.67. The van der Waals surface area contributed by atoms with Crippen molar-refractivity contribution in [3.63, 3.8) is 0 Å². The Morgan fingerprint density at radius 3 is 2.47 bits per heavy atom. The van der Waals surface area contributed by atoms with E-state index in [0.717, 1.165) is 49.3 Å². The minimum absolute atomic E-state index is 0.144. The maximum atomic E-state index is 13.5. The Balaban J connectivity index is 1.62. The van der Waals surface area contributed by atoms with E-state index in [0.29, 0.717) is 18.9 Å². The number of morpholine rings is 1. The van der Waals surface area contributed by atoms with E-state index in [2.05, 4.69) is 16.1 Å². The molecule has 1 aliphatic heterocycles. The van der Waals surface area contributed by atoms with Crippen molar-refractivity contribution >= 4 is 34.5 Å². The van der Waals surface area contributed by atoms with Crippen LogP contribution in [0.3, 0.4) is 0 Å². The van der Waals surface area contributed by atoms with Crippen LogP contribution in [0.5, 0.6) is 0 Å². The molecule has 2 amide bonds. The second kappa shape index (κ2) is 10.7. The number of ether oxygens (including phenoxy) is 1. The molecule has 0 bridgehead atoms. The van der Waals surface area contributed by atoms with Gasteiger partial charge in [-0.25, -0.2) is 0 Å². The molecule has 6 nitrogen and oxygen atoms in total. The summed E-state index contributed by atoms with van der Waals surface area (Å²) in [6.07, 6.45) is 10.9. The van der Waals surface area contributed by atoms with Crippen LogP contribution in [0.1, 0.15) is 43.0 Å². The van der Waals surface area contributed by atoms with Crippen LogP contribution in [0.2, 0.25) is 0 Å². The molecule has 2 aliphatic rings. The maximum absolute atomic E-state index is 13.5. The molecule has 7 heteroatoms. The van der Waals surface area contributed by atoms with E-state index in [9.17, 15) is 9.59 Å². The Morgan fingerprint density at radius 1 is 1.12 bits per heavy atom. The summed E-state index contributed by atoms with van der Waals surface area (Å²) in [6.45, 7) is 3.05. The molecule has 1 aromatic heterocycles. The fourth-order valence-corrected chi connectivity index (χ4v) is 5.26. The maximum Gasteiger partial charge on any atom is 0.303 e. The lowest BCUT2D eigenvalue weighted by molar-refractivity contribution is -0.125. The Morgan fingerprint density at radius 2 is 1.84 bits per heavy atom. The number of carbonyl (C=O) groups is 2. The van der Waals surface area contributed by atoms with Crippen LogP contribution < -0.4 is 15.1 Å². The fourth-order valence-electron chi connectivity index (χ4n) is 4.45. The largest absolute Gasteiger partial charge is 0.378 e. The van der Waals surface area contributed by atoms with Gasteiger partial charge in [0.2, 0.25) is 5.91 Å². The monoisotopic (exact) mass is 451 g/mol. The highest BCUT2D eigenvalue weighted by Crippen LogP contribution is 2.32. The fraction of sp³-hybridized carbons (Fsp3) is 0.440. The molecule has 32 heavy (non-hydrogen) atoms. The first kappa shape index (κ1) is 22.4. The number of nitrogens with zero attached hydrogens (tertiary/aromatic N) is 2. The van der Waals surface area contributed by atoms with Crippen LogP contribution in [-0.4, -0.2) is 44.2 Å². The number of rotatable bonds is 6. The van der Waals surface area contributed by atoms with Crippen LogP contribution in [0.15, 0.2) is 41.8 Å². The molecule has 1 saturated heterocycles. The van der Waals surface area contributed by atoms with Gasteiger partial charge in [-0.2, -0.15) is 0 Å². The van der Waals surface area contributed by atoms with E-state index in [1.165, 1.54) is 22.7 Å². The zero-order valence-electron chi connectivity index (χ0n) is 18.2. The van der Waals surface area contributed by atoms with Crippen LogP contribution in [0, 0.1) is 12.3 Å². The highest BCUT2D eigenvalue weighted by Gasteiger charge is 2.34. The number of thiophene rings is 1. The zero-order chi connectivity index (χ0) is 22.3. The third kappa shape index (κ3) is 5.14. The van der Waals surface area contributed by atoms with Gasteiger partial charge in [0.15, 0.2) is 6.04 Å². The molecule has 0 spiro atoms. The van der Waals surface area contributed by atoms with E-state index >= 15 is 0 Å². The Hall–Kier alpha value is -2.82. The number of hydrogen-bond donors (Lipinski definition) is 1. The van der Waals surface area contributed by atoms with E-state index in [4.69, 9.17) is 11.2 Å². The minimum Gasteiger partial charge on any atom is -0.378 e. The lowest BCUT2D eigenvalue weighted by Gasteiger charge is -2.32. The second-order valence-electron chi connectivity index (χ2n) is 8.20. The normalized spacial score (nSPS) is 17.9. The lowest BCUT2D eigenvalue weighted by Crippen LogP contribution is -2.46. The summed E-state index contributed by atoms with van der Waals surface area (Å²) in [4.78, 5) is 30.9. The quantitative estimate of drug-likeness (QED) is 0.680. The molecule has 1 aliphatic carbocycles. The molecule has 1 N–H and O–H groups in total. The summed E-state index contributed by atoms with van der Waals surface area (Å²) < 4.78 is 5.43. The van der Waals surface area contributed by atoms with Gasteiger partial charge in [-0.05, 0) is 54.5 Å². The Kier molecular flexibility index (Phi) is 7.46. The SMILES string of the molecule is C#CC(=O)N(c1ccc(N2CCOCC2)cc1)C(C(=O)NC1CCCCC1)c1cccs1. The van der Waals surface area contributed by atoms with E-state index in [1.807, 2.05) is 41.8 Å². The van der Waals surface area contributed by atoms with Gasteiger partial charge in [0.25, 0.3) is 0 Å². The van der Waals surface area contributed by atoms with Crippen molar-refractivity contribution in [3.8, 4) is 12.3 Å². The van der Waals surface area contributed by atoms with Crippen molar-refractivity contribution in [3.05, 3.63) is 46.7 Å². The number of terminal acetylenes is 1. The van der Waals surface area contributed by atoms with Crippen LogP contribution >= 0.6 is 11.3 Å². The van der Waals surface area contributed by atoms with Crippen molar-refractivity contribution in [1.29, 1.82) is 0 Å². The van der Waals surface area contributed by atoms with Crippen molar-refractivity contribution in [1.82, 2.24) is 5.32 Å². The number of benzene rings is 1. The number of anilines is 2. The molecule has 4 rings (SSSR count). The first-order valence-electron chi connectivity index (χ1n) is 11.2. The summed E-state index contributed by atoms with van der Waals surface area (Å²) in [5, 5.41) is 5.10. The molecule has 1 saturated carbocycles. The van der Waals surface area contributed by atoms with E-state index in [-0.39, 0.29) is 11.9 Å². The summed E-state index contributed by atoms with van der Waals surface area (Å²) in [5.74, 6) is 1.52. The predicted octanol–water partition coefficient (Wildman–Crippen LogP) is 3.74. The number of carbonyl (C=O) groups excluding carboxylic acids is 2. The van der Waals surface area contributed by atoms with Crippen molar-refractivity contribution in [2.45, 2.75) is 44.2 Å². The average Bonchev–Trinajstić information content (AvgIpc) is 3.37. The predicted molar refractivity (Wildman–Crippen MR) is 128 cm³/mol. The van der Waals surface area contributed by atoms with Crippen molar-refractivity contribution < 1.29 is 14.3 Å². The second-order valence-corrected chi connectivity index (χ2v) is 9.18. The first-order valence-corrected chi connectivity index (χ1v) is 12.1. The molecule has 1 aromatic carbocycles. The van der Waals surface area contributed by atoms with Crippen LogP contribution in [0.25, 0.3) is 0 Å². The minimum atomic E-state index is -0.797. The standard InChI is InChI=1S/C25H29N3O3S/c1-2-23(29)28(21-12-10-20(11-13-21)27-14-16-31-17-15-27)24(22-9-6-18-32-22)25(30)26-19-7-4-3-5-8-19/h1,6,9-13,18-19,24H,3-5,7-8,14-17H2,(H,26,30). The summed E-state index contributed by atoms with van der Waals surface area (Å²) in [7, 11) is 0. The number of nitrogens with one attached hydrogen (secondary N) is 1. The van der Waals surface area contributed by atoms with Crippen LogP contribution in [0.4, 0.5) is 11.4 Å². The van der Waals surface area contributed by atoms with Gasteiger partial charge in [0.1, 0.15) is 0 Å². The zero-order valence-corrected chi connectivity index (χ0v) is 19.0. The molecule has 2 fully saturated rings. The Labute approximate surface area is 193 Å². The topological polar surface area (TPSA) is 61.9 Å². The molecular weight excluding hydrogens is 422 g/mol. The first-order chi connectivity index (χ1) is 15.7. The van der Waals surface area contributed by atoms with E-state index < -0.39 is 11.9 Å². The molecule has 1 unspecified atom stereocenters. The van der Waals surface area contributed by atoms with Gasteiger partial charge in [0, 0.05) is 35.4 Å². The van der Waals surface area contributed by atoms with Crippen LogP contribution in [-0.2, 0) is 14.3 Å². The number of hydrogen-bond acceptors (Lipinski definition) is 5. The molecular formula is C25H29N3O3S. The van der Waals surface area contributed by atoms with Gasteiger partial charge < -0.3 is 15.0 Å². The highest BCUT2D eigenvalue weighted by molar-refractivity contribution is 7.10. The van der Waals surface area contributed by atoms with Gasteiger partial charge in [-0.3, -0.25) is 14.5 Å². The van der Waals surface area contributed by atoms with Crippen molar-refractivity contribution in [2.75, 3.05) is 36.1 Å².